The summed E-state index contributed by atoms with van der Waals surface area (Å²) in [5, 5.41) is 2.67. The monoisotopic (exact) mass is 266 g/mol. The molecule has 0 fully saturated rings. The van der Waals surface area contributed by atoms with Gasteiger partial charge in [-0.2, -0.15) is 0 Å². The summed E-state index contributed by atoms with van der Waals surface area (Å²) in [5.41, 5.74) is 0.250. The van der Waals surface area contributed by atoms with Crippen LogP contribution in [-0.4, -0.2) is 22.8 Å². The Morgan fingerprint density at radius 1 is 1.42 bits per heavy atom. The molecule has 1 amide bonds. The van der Waals surface area contributed by atoms with Crippen molar-refractivity contribution in [3.8, 4) is 0 Å². The third-order valence-electron chi connectivity index (χ3n) is 2.45. The van der Waals surface area contributed by atoms with Crippen molar-refractivity contribution in [3.05, 3.63) is 34.2 Å². The van der Waals surface area contributed by atoms with E-state index in [0.717, 1.165) is 5.56 Å². The minimum absolute atomic E-state index is 0.0137. The van der Waals surface area contributed by atoms with Crippen molar-refractivity contribution in [2.75, 3.05) is 6.54 Å². The summed E-state index contributed by atoms with van der Waals surface area (Å²) in [7, 11) is 0. The van der Waals surface area contributed by atoms with E-state index >= 15 is 0 Å². The summed E-state index contributed by atoms with van der Waals surface area (Å²) in [6.07, 6.45) is 2.01. The van der Waals surface area contributed by atoms with E-state index in [1.165, 1.54) is 0 Å². The van der Waals surface area contributed by atoms with Crippen LogP contribution in [0, 0.1) is 6.92 Å². The number of nitrogens with one attached hydrogen (secondary N) is 1. The molecule has 19 heavy (non-hydrogen) atoms. The van der Waals surface area contributed by atoms with Crippen LogP contribution in [0.4, 0.5) is 4.79 Å². The molecule has 0 unspecified atom stereocenters. The number of hydrogen-bond acceptors (Lipinski definition) is 3. The Morgan fingerprint density at radius 2 is 2.11 bits per heavy atom. The Labute approximate surface area is 113 Å². The summed E-state index contributed by atoms with van der Waals surface area (Å²) in [6.45, 7) is 8.31. The van der Waals surface area contributed by atoms with Crippen LogP contribution in [0.25, 0.3) is 0 Å². The third-order valence-corrected chi connectivity index (χ3v) is 2.45. The number of amides is 1. The number of pyridine rings is 1. The summed E-state index contributed by atoms with van der Waals surface area (Å²) in [5.74, 6) is 0. The fourth-order valence-electron chi connectivity index (χ4n) is 1.59. The number of rotatable bonds is 4. The molecule has 106 valence electrons. The first-order valence-corrected chi connectivity index (χ1v) is 6.42. The predicted octanol–water partition coefficient (Wildman–Crippen LogP) is 2.07. The van der Waals surface area contributed by atoms with Gasteiger partial charge in [0, 0.05) is 24.8 Å². The summed E-state index contributed by atoms with van der Waals surface area (Å²) in [4.78, 5) is 23.1. The molecule has 1 rings (SSSR count). The number of aromatic nitrogens is 1. The van der Waals surface area contributed by atoms with Gasteiger partial charge in [-0.05, 0) is 40.2 Å². The zero-order chi connectivity index (χ0) is 14.5. The van der Waals surface area contributed by atoms with Gasteiger partial charge in [-0.15, -0.1) is 0 Å². The first-order chi connectivity index (χ1) is 8.79. The maximum Gasteiger partial charge on any atom is 0.407 e. The second-order valence-corrected chi connectivity index (χ2v) is 5.47. The Morgan fingerprint density at radius 3 is 2.74 bits per heavy atom. The summed E-state index contributed by atoms with van der Waals surface area (Å²) >= 11 is 0. The minimum Gasteiger partial charge on any atom is -0.444 e. The maximum absolute atomic E-state index is 11.7. The molecule has 0 saturated carbocycles. The molecule has 1 aromatic heterocycles. The molecule has 5 nitrogen and oxygen atoms in total. The molecular formula is C14H22N2O3. The number of ether oxygens (including phenoxy) is 1. The zero-order valence-corrected chi connectivity index (χ0v) is 12.0. The van der Waals surface area contributed by atoms with Crippen LogP contribution in [0.3, 0.4) is 0 Å². The molecule has 0 aliphatic heterocycles. The van der Waals surface area contributed by atoms with Gasteiger partial charge in [-0.1, -0.05) is 6.07 Å². The standard InChI is InChI=1S/C14H22N2O3/c1-11-7-5-9-16(12(11)17)10-6-8-15-13(18)19-14(2,3)4/h5,7,9H,6,8,10H2,1-4H3,(H,15,18). The zero-order valence-electron chi connectivity index (χ0n) is 12.0. The normalized spacial score (nSPS) is 11.2. The van der Waals surface area contributed by atoms with E-state index in [1.807, 2.05) is 26.8 Å². The van der Waals surface area contributed by atoms with Crippen molar-refractivity contribution in [1.29, 1.82) is 0 Å². The molecule has 1 aromatic rings. The highest BCUT2D eigenvalue weighted by Crippen LogP contribution is 2.06. The predicted molar refractivity (Wildman–Crippen MR) is 74.3 cm³/mol. The number of nitrogens with zero attached hydrogens (tertiary/aromatic N) is 1. The van der Waals surface area contributed by atoms with Gasteiger partial charge in [0.15, 0.2) is 0 Å². The SMILES string of the molecule is Cc1cccn(CCCNC(=O)OC(C)(C)C)c1=O. The van der Waals surface area contributed by atoms with Crippen LogP contribution in [0.5, 0.6) is 0 Å². The topological polar surface area (TPSA) is 60.3 Å². The molecule has 0 spiro atoms. The van der Waals surface area contributed by atoms with E-state index in [0.29, 0.717) is 19.5 Å². The van der Waals surface area contributed by atoms with Crippen LogP contribution in [0.2, 0.25) is 0 Å². The number of alkyl carbamates (subject to hydrolysis) is 1. The smallest absolute Gasteiger partial charge is 0.407 e. The molecule has 5 heteroatoms. The quantitative estimate of drug-likeness (QED) is 0.849. The van der Waals surface area contributed by atoms with E-state index in [2.05, 4.69) is 5.32 Å². The van der Waals surface area contributed by atoms with Crippen molar-refractivity contribution in [1.82, 2.24) is 9.88 Å². The average molecular weight is 266 g/mol. The lowest BCUT2D eigenvalue weighted by atomic mass is 10.2. The highest BCUT2D eigenvalue weighted by atomic mass is 16.6. The first-order valence-electron chi connectivity index (χ1n) is 6.42. The van der Waals surface area contributed by atoms with E-state index in [1.54, 1.807) is 23.8 Å². The van der Waals surface area contributed by atoms with E-state index in [9.17, 15) is 9.59 Å². The summed E-state index contributed by atoms with van der Waals surface area (Å²) < 4.78 is 6.76. The molecule has 0 radical (unpaired) electrons. The van der Waals surface area contributed by atoms with Crippen molar-refractivity contribution in [3.63, 3.8) is 0 Å². The second-order valence-electron chi connectivity index (χ2n) is 5.47. The van der Waals surface area contributed by atoms with Crippen LogP contribution in [-0.2, 0) is 11.3 Å². The molecule has 1 N–H and O–H groups in total. The molecule has 0 atom stereocenters. The number of hydrogen-bond donors (Lipinski definition) is 1. The minimum atomic E-state index is -0.489. The Bertz CT molecular complexity index is 486. The maximum atomic E-state index is 11.7. The average Bonchev–Trinajstić information content (AvgIpc) is 2.27. The molecule has 0 aromatic carbocycles. The van der Waals surface area contributed by atoms with Crippen LogP contribution < -0.4 is 10.9 Å². The molecule has 0 aliphatic carbocycles. The van der Waals surface area contributed by atoms with Gasteiger partial charge < -0.3 is 14.6 Å². The van der Waals surface area contributed by atoms with Crippen molar-refractivity contribution in [2.24, 2.45) is 0 Å². The van der Waals surface area contributed by atoms with E-state index in [4.69, 9.17) is 4.74 Å². The Kier molecular flexibility index (Phi) is 5.15. The van der Waals surface area contributed by atoms with Crippen LogP contribution in [0.15, 0.2) is 23.1 Å². The van der Waals surface area contributed by atoms with Crippen LogP contribution in [0.1, 0.15) is 32.8 Å². The number of aryl methyl sites for hydroxylation is 2. The highest BCUT2D eigenvalue weighted by molar-refractivity contribution is 5.67. The Hall–Kier alpha value is -1.78. The van der Waals surface area contributed by atoms with Gasteiger partial charge in [-0.3, -0.25) is 4.79 Å². The van der Waals surface area contributed by atoms with Crippen molar-refractivity contribution in [2.45, 2.75) is 46.3 Å². The fourth-order valence-corrected chi connectivity index (χ4v) is 1.59. The second kappa shape index (κ2) is 6.41. The van der Waals surface area contributed by atoms with Gasteiger partial charge in [0.1, 0.15) is 5.60 Å². The van der Waals surface area contributed by atoms with Crippen molar-refractivity contribution < 1.29 is 9.53 Å². The van der Waals surface area contributed by atoms with E-state index < -0.39 is 11.7 Å². The van der Waals surface area contributed by atoms with E-state index in [-0.39, 0.29) is 5.56 Å². The molecule has 0 saturated heterocycles. The number of carbonyl (C=O) groups is 1. The number of carbonyl (C=O) groups excluding carboxylic acids is 1. The van der Waals surface area contributed by atoms with Gasteiger partial charge in [0.2, 0.25) is 0 Å². The van der Waals surface area contributed by atoms with Gasteiger partial charge >= 0.3 is 6.09 Å². The molecule has 0 bridgehead atoms. The van der Waals surface area contributed by atoms with Gasteiger partial charge in [0.25, 0.3) is 5.56 Å². The lowest BCUT2D eigenvalue weighted by molar-refractivity contribution is 0.0526. The first kappa shape index (κ1) is 15.3. The van der Waals surface area contributed by atoms with Gasteiger partial charge in [-0.25, -0.2) is 4.79 Å². The van der Waals surface area contributed by atoms with Crippen LogP contribution >= 0.6 is 0 Å². The highest BCUT2D eigenvalue weighted by Gasteiger charge is 2.15. The fraction of sp³-hybridized carbons (Fsp3) is 0.571. The molecule has 0 aliphatic rings. The van der Waals surface area contributed by atoms with Crippen molar-refractivity contribution >= 4 is 6.09 Å². The van der Waals surface area contributed by atoms with Gasteiger partial charge in [0.05, 0.1) is 0 Å². The summed E-state index contributed by atoms with van der Waals surface area (Å²) in [6, 6.07) is 3.63. The lowest BCUT2D eigenvalue weighted by Crippen LogP contribution is -2.33. The Balaban J connectivity index is 2.34. The third kappa shape index (κ3) is 5.59. The lowest BCUT2D eigenvalue weighted by Gasteiger charge is -2.19. The molecular weight excluding hydrogens is 244 g/mol. The largest absolute Gasteiger partial charge is 0.444 e. The molecule has 1 heterocycles.